The highest BCUT2D eigenvalue weighted by atomic mass is 16.5. The van der Waals surface area contributed by atoms with Gasteiger partial charge >= 0.3 is 5.97 Å². The van der Waals surface area contributed by atoms with E-state index >= 15 is 0 Å². The Morgan fingerprint density at radius 3 is 2.19 bits per heavy atom. The van der Waals surface area contributed by atoms with Crippen molar-refractivity contribution in [3.05, 3.63) is 35.4 Å². The van der Waals surface area contributed by atoms with E-state index in [-0.39, 0.29) is 35.8 Å². The maximum absolute atomic E-state index is 12.5. The number of hydrogen-bond donors (Lipinski definition) is 2. The lowest BCUT2D eigenvalue weighted by Gasteiger charge is -2.22. The first kappa shape index (κ1) is 20.9. The van der Waals surface area contributed by atoms with Crippen LogP contribution in [0.3, 0.4) is 0 Å². The van der Waals surface area contributed by atoms with Crippen LogP contribution in [-0.2, 0) is 19.7 Å². The zero-order chi connectivity index (χ0) is 20.2. The van der Waals surface area contributed by atoms with E-state index in [0.717, 1.165) is 18.4 Å². The summed E-state index contributed by atoms with van der Waals surface area (Å²) in [5.74, 6) is -1.41. The average molecular weight is 374 g/mol. The largest absolute Gasteiger partial charge is 0.454 e. The van der Waals surface area contributed by atoms with Crippen molar-refractivity contribution in [3.8, 4) is 0 Å². The van der Waals surface area contributed by atoms with E-state index in [1.165, 1.54) is 0 Å². The summed E-state index contributed by atoms with van der Waals surface area (Å²) in [7, 11) is 0. The standard InChI is InChI=1S/C21H30N2O4/c1-13(2)18(20(26)27-12-17(24)22-16-10-11-16)23-19(25)14-6-8-15(9-7-14)21(3,4)5/h6-9,13,16,18H,10-12H2,1-5H3,(H,22,24)(H,23,25). The van der Waals surface area contributed by atoms with Crippen molar-refractivity contribution < 1.29 is 19.1 Å². The van der Waals surface area contributed by atoms with Crippen LogP contribution >= 0.6 is 0 Å². The summed E-state index contributed by atoms with van der Waals surface area (Å²) in [4.78, 5) is 36.5. The van der Waals surface area contributed by atoms with E-state index < -0.39 is 12.0 Å². The zero-order valence-corrected chi connectivity index (χ0v) is 16.8. The number of hydrogen-bond acceptors (Lipinski definition) is 4. The van der Waals surface area contributed by atoms with E-state index in [1.54, 1.807) is 12.1 Å². The van der Waals surface area contributed by atoms with E-state index in [9.17, 15) is 14.4 Å². The third-order valence-corrected chi connectivity index (χ3v) is 4.51. The van der Waals surface area contributed by atoms with Gasteiger partial charge in [-0.25, -0.2) is 4.79 Å². The molecule has 1 aliphatic carbocycles. The smallest absolute Gasteiger partial charge is 0.329 e. The van der Waals surface area contributed by atoms with Gasteiger partial charge in [0.15, 0.2) is 6.61 Å². The van der Waals surface area contributed by atoms with E-state index in [2.05, 4.69) is 31.4 Å². The molecular weight excluding hydrogens is 344 g/mol. The number of esters is 1. The summed E-state index contributed by atoms with van der Waals surface area (Å²) in [6.45, 7) is 9.62. The Bertz CT molecular complexity index is 685. The molecular formula is C21H30N2O4. The molecule has 0 saturated heterocycles. The van der Waals surface area contributed by atoms with Crippen LogP contribution in [0.25, 0.3) is 0 Å². The second-order valence-corrected chi connectivity index (χ2v) is 8.47. The highest BCUT2D eigenvalue weighted by Crippen LogP contribution is 2.22. The average Bonchev–Trinajstić information content (AvgIpc) is 3.40. The molecule has 1 aliphatic rings. The number of nitrogens with one attached hydrogen (secondary N) is 2. The monoisotopic (exact) mass is 374 g/mol. The lowest BCUT2D eigenvalue weighted by Crippen LogP contribution is -2.46. The molecule has 6 heteroatoms. The molecule has 1 fully saturated rings. The van der Waals surface area contributed by atoms with Gasteiger partial charge in [-0.05, 0) is 41.9 Å². The van der Waals surface area contributed by atoms with Gasteiger partial charge in [-0.1, -0.05) is 46.8 Å². The summed E-state index contributed by atoms with van der Waals surface area (Å²) >= 11 is 0. The SMILES string of the molecule is CC(C)C(NC(=O)c1ccc(C(C)(C)C)cc1)C(=O)OCC(=O)NC1CC1. The van der Waals surface area contributed by atoms with Crippen molar-refractivity contribution in [2.24, 2.45) is 5.92 Å². The van der Waals surface area contributed by atoms with Gasteiger partial charge in [-0.15, -0.1) is 0 Å². The highest BCUT2D eigenvalue weighted by molar-refractivity contribution is 5.97. The predicted molar refractivity (Wildman–Crippen MR) is 103 cm³/mol. The van der Waals surface area contributed by atoms with Crippen molar-refractivity contribution in [2.45, 2.75) is 65.0 Å². The number of carbonyl (C=O) groups excluding carboxylic acids is 3. The Labute approximate surface area is 161 Å². The van der Waals surface area contributed by atoms with Crippen LogP contribution in [0.4, 0.5) is 0 Å². The molecule has 0 aliphatic heterocycles. The fourth-order valence-electron chi connectivity index (χ4n) is 2.57. The molecule has 0 aromatic heterocycles. The molecule has 0 heterocycles. The van der Waals surface area contributed by atoms with Gasteiger partial charge in [0.25, 0.3) is 11.8 Å². The quantitative estimate of drug-likeness (QED) is 0.719. The number of rotatable bonds is 7. The number of amides is 2. The Hall–Kier alpha value is -2.37. The van der Waals surface area contributed by atoms with Crippen LogP contribution in [0.15, 0.2) is 24.3 Å². The summed E-state index contributed by atoms with van der Waals surface area (Å²) in [5.41, 5.74) is 1.61. The molecule has 6 nitrogen and oxygen atoms in total. The van der Waals surface area contributed by atoms with Gasteiger partial charge in [0, 0.05) is 11.6 Å². The molecule has 27 heavy (non-hydrogen) atoms. The molecule has 2 rings (SSSR count). The lowest BCUT2D eigenvalue weighted by molar-refractivity contribution is -0.151. The Balaban J connectivity index is 1.94. The summed E-state index contributed by atoms with van der Waals surface area (Å²) in [5, 5.41) is 5.48. The number of benzene rings is 1. The number of ether oxygens (including phenoxy) is 1. The second-order valence-electron chi connectivity index (χ2n) is 8.47. The number of carbonyl (C=O) groups is 3. The van der Waals surface area contributed by atoms with Gasteiger partial charge in [-0.2, -0.15) is 0 Å². The Morgan fingerprint density at radius 1 is 1.11 bits per heavy atom. The Kier molecular flexibility index (Phi) is 6.63. The zero-order valence-electron chi connectivity index (χ0n) is 16.8. The fourth-order valence-corrected chi connectivity index (χ4v) is 2.57. The van der Waals surface area contributed by atoms with Crippen LogP contribution in [0, 0.1) is 5.92 Å². The third-order valence-electron chi connectivity index (χ3n) is 4.51. The van der Waals surface area contributed by atoms with Gasteiger partial charge < -0.3 is 15.4 Å². The molecule has 1 aromatic carbocycles. The van der Waals surface area contributed by atoms with E-state index in [1.807, 2.05) is 26.0 Å². The first-order valence-electron chi connectivity index (χ1n) is 9.45. The van der Waals surface area contributed by atoms with Gasteiger partial charge in [0.05, 0.1) is 0 Å². The molecule has 0 radical (unpaired) electrons. The summed E-state index contributed by atoms with van der Waals surface area (Å²) in [6, 6.07) is 6.74. The maximum Gasteiger partial charge on any atom is 0.329 e. The van der Waals surface area contributed by atoms with Gasteiger partial charge in [0.1, 0.15) is 6.04 Å². The normalized spacial score (nSPS) is 15.2. The second kappa shape index (κ2) is 8.55. The minimum absolute atomic E-state index is 0.000317. The molecule has 2 amide bonds. The van der Waals surface area contributed by atoms with Gasteiger partial charge in [-0.3, -0.25) is 9.59 Å². The van der Waals surface area contributed by atoms with E-state index in [0.29, 0.717) is 5.56 Å². The minimum Gasteiger partial charge on any atom is -0.454 e. The molecule has 1 unspecified atom stereocenters. The van der Waals surface area contributed by atoms with Crippen molar-refractivity contribution in [3.63, 3.8) is 0 Å². The minimum atomic E-state index is -0.812. The van der Waals surface area contributed by atoms with E-state index in [4.69, 9.17) is 4.74 Å². The van der Waals surface area contributed by atoms with Crippen LogP contribution in [0.5, 0.6) is 0 Å². The highest BCUT2D eigenvalue weighted by Gasteiger charge is 2.28. The molecule has 1 atom stereocenters. The Morgan fingerprint density at radius 2 is 1.70 bits per heavy atom. The first-order chi connectivity index (χ1) is 12.6. The summed E-state index contributed by atoms with van der Waals surface area (Å²) < 4.78 is 5.09. The fraction of sp³-hybridized carbons (Fsp3) is 0.571. The van der Waals surface area contributed by atoms with Crippen molar-refractivity contribution in [1.29, 1.82) is 0 Å². The predicted octanol–water partition coefficient (Wildman–Crippen LogP) is 2.56. The maximum atomic E-state index is 12.5. The lowest BCUT2D eigenvalue weighted by atomic mass is 9.86. The molecule has 0 bridgehead atoms. The molecule has 2 N–H and O–H groups in total. The van der Waals surface area contributed by atoms with Crippen molar-refractivity contribution >= 4 is 17.8 Å². The van der Waals surface area contributed by atoms with Crippen LogP contribution in [-0.4, -0.2) is 36.5 Å². The molecule has 0 spiro atoms. The topological polar surface area (TPSA) is 84.5 Å². The summed E-state index contributed by atoms with van der Waals surface area (Å²) in [6.07, 6.45) is 1.94. The van der Waals surface area contributed by atoms with Crippen LogP contribution in [0.2, 0.25) is 0 Å². The molecule has 1 saturated carbocycles. The van der Waals surface area contributed by atoms with Gasteiger partial charge in [0.2, 0.25) is 0 Å². The molecule has 1 aromatic rings. The first-order valence-corrected chi connectivity index (χ1v) is 9.45. The van der Waals surface area contributed by atoms with Crippen LogP contribution < -0.4 is 10.6 Å². The van der Waals surface area contributed by atoms with Crippen LogP contribution in [0.1, 0.15) is 63.4 Å². The van der Waals surface area contributed by atoms with Crippen molar-refractivity contribution in [2.75, 3.05) is 6.61 Å². The third kappa shape index (κ3) is 6.38. The van der Waals surface area contributed by atoms with Crippen molar-refractivity contribution in [1.82, 2.24) is 10.6 Å². The molecule has 148 valence electrons.